The molecule has 1 atom stereocenters. The fraction of sp³-hybridized carbons (Fsp3) is 0.0833. The lowest BCUT2D eigenvalue weighted by Crippen LogP contribution is -2.16. The van der Waals surface area contributed by atoms with Crippen molar-refractivity contribution >= 4 is 34.3 Å². The van der Waals surface area contributed by atoms with Gasteiger partial charge in [-0.1, -0.05) is 54.6 Å². The Balaban J connectivity index is 1.89. The van der Waals surface area contributed by atoms with E-state index in [4.69, 9.17) is 4.74 Å². The van der Waals surface area contributed by atoms with Gasteiger partial charge in [0.15, 0.2) is 0 Å². The summed E-state index contributed by atoms with van der Waals surface area (Å²) in [6, 6.07) is 20.5. The number of fused-ring (bicyclic) bond motifs is 1. The molecule has 31 heavy (non-hydrogen) atoms. The van der Waals surface area contributed by atoms with Gasteiger partial charge in [-0.15, -0.1) is 0 Å². The van der Waals surface area contributed by atoms with E-state index in [0.29, 0.717) is 33.8 Å². The minimum Gasteiger partial charge on any atom is -0.478 e. The van der Waals surface area contributed by atoms with Crippen LogP contribution < -0.4 is 4.74 Å². The van der Waals surface area contributed by atoms with Crippen LogP contribution in [0.25, 0.3) is 11.3 Å². The minimum atomic E-state index is -2.54. The summed E-state index contributed by atoms with van der Waals surface area (Å²) >= 11 is 0. The van der Waals surface area contributed by atoms with Crippen LogP contribution in [0.4, 0.5) is 0 Å². The van der Waals surface area contributed by atoms with Crippen molar-refractivity contribution in [2.45, 2.75) is 11.7 Å². The van der Waals surface area contributed by atoms with Crippen molar-refractivity contribution in [2.24, 2.45) is 0 Å². The number of hydrogen-bond donors (Lipinski definition) is 2. The summed E-state index contributed by atoms with van der Waals surface area (Å²) in [4.78, 5) is 23.4. The van der Waals surface area contributed by atoms with E-state index in [1.807, 2.05) is 18.2 Å². The molecule has 1 unspecified atom stereocenters. The summed E-state index contributed by atoms with van der Waals surface area (Å²) in [5.41, 5.74) is 3.48. The highest BCUT2D eigenvalue weighted by Gasteiger charge is 2.31. The third-order valence-corrected chi connectivity index (χ3v) is 5.75. The first-order valence-corrected chi connectivity index (χ1v) is 10.9. The molecule has 1 aliphatic rings. The van der Waals surface area contributed by atoms with Gasteiger partial charge >= 0.3 is 5.97 Å². The molecule has 3 aromatic carbocycles. The van der Waals surface area contributed by atoms with Crippen molar-refractivity contribution in [1.82, 2.24) is 0 Å². The smallest absolute Gasteiger partial charge is 0.335 e. The summed E-state index contributed by atoms with van der Waals surface area (Å²) in [6.07, 6.45) is 0.845. The predicted octanol–water partition coefficient (Wildman–Crippen LogP) is 3.74. The summed E-state index contributed by atoms with van der Waals surface area (Å²) in [6.45, 7) is 0. The zero-order valence-corrected chi connectivity index (χ0v) is 17.1. The lowest BCUT2D eigenvalue weighted by molar-refractivity contribution is -0.108. The van der Waals surface area contributed by atoms with Crippen LogP contribution in [0.5, 0.6) is 5.75 Å². The molecule has 156 valence electrons. The first-order valence-electron chi connectivity index (χ1n) is 9.49. The largest absolute Gasteiger partial charge is 0.478 e. The standard InChI is InChI=1S/C24H18O6S/c25-13-20-19-3-1-2-4-21(19)30-23(17-7-5-15(6-8-17)14-31(28)29)22(20)16-9-11-18(12-10-16)24(26)27/h1-13,20,31H,14H2,(H,26,27). The molecule has 0 fully saturated rings. The zero-order chi connectivity index (χ0) is 22.0. The van der Waals surface area contributed by atoms with Gasteiger partial charge in [0.1, 0.15) is 28.5 Å². The quantitative estimate of drug-likeness (QED) is 0.453. The number of aromatic carboxylic acids is 1. The Hall–Kier alpha value is -3.71. The van der Waals surface area contributed by atoms with Gasteiger partial charge in [-0.05, 0) is 29.3 Å². The Labute approximate surface area is 180 Å². The third kappa shape index (κ3) is 4.13. The molecule has 1 heterocycles. The molecule has 7 heteroatoms. The van der Waals surface area contributed by atoms with Gasteiger partial charge in [0.05, 0.1) is 17.2 Å². The van der Waals surface area contributed by atoms with E-state index in [2.05, 4.69) is 0 Å². The fourth-order valence-electron chi connectivity index (χ4n) is 3.66. The van der Waals surface area contributed by atoms with Gasteiger partial charge < -0.3 is 14.6 Å². The molecule has 3 aromatic rings. The van der Waals surface area contributed by atoms with Crippen LogP contribution >= 0.6 is 0 Å². The Bertz CT molecular complexity index is 1250. The summed E-state index contributed by atoms with van der Waals surface area (Å²) in [5.74, 6) is -0.667. The number of carboxylic acids is 1. The van der Waals surface area contributed by atoms with Crippen molar-refractivity contribution in [3.8, 4) is 5.75 Å². The molecule has 6 nitrogen and oxygen atoms in total. The first-order chi connectivity index (χ1) is 15.0. The van der Waals surface area contributed by atoms with Gasteiger partial charge in [-0.2, -0.15) is 0 Å². The molecular weight excluding hydrogens is 416 g/mol. The second kappa shape index (κ2) is 8.57. The number of thiol groups is 1. The molecule has 0 bridgehead atoms. The maximum atomic E-state index is 12.2. The molecule has 0 amide bonds. The molecule has 0 spiro atoms. The maximum absolute atomic E-state index is 12.2. The SMILES string of the molecule is O=CC1C(c2ccc(C(=O)O)cc2)=C(c2ccc(C[SH](=O)=O)cc2)Oc2ccccc21. The molecule has 0 aromatic heterocycles. The number of carbonyl (C=O) groups excluding carboxylic acids is 1. The van der Waals surface area contributed by atoms with Gasteiger partial charge in [-0.25, -0.2) is 13.2 Å². The lowest BCUT2D eigenvalue weighted by Gasteiger charge is -2.28. The Morgan fingerprint density at radius 2 is 1.58 bits per heavy atom. The van der Waals surface area contributed by atoms with Crippen LogP contribution in [-0.4, -0.2) is 25.8 Å². The molecule has 1 aliphatic heterocycles. The van der Waals surface area contributed by atoms with Crippen LogP contribution in [-0.2, 0) is 21.3 Å². The van der Waals surface area contributed by atoms with E-state index in [1.54, 1.807) is 42.5 Å². The van der Waals surface area contributed by atoms with Crippen molar-refractivity contribution in [1.29, 1.82) is 0 Å². The summed E-state index contributed by atoms with van der Waals surface area (Å²) in [5, 5.41) is 9.20. The molecule has 0 aliphatic carbocycles. The first kappa shape index (κ1) is 20.6. The van der Waals surface area contributed by atoms with Crippen LogP contribution in [0.2, 0.25) is 0 Å². The van der Waals surface area contributed by atoms with Crippen molar-refractivity contribution in [2.75, 3.05) is 0 Å². The number of carboxylic acid groups (broad SMARTS) is 1. The molecule has 0 saturated heterocycles. The van der Waals surface area contributed by atoms with E-state index in [0.717, 1.165) is 11.8 Å². The number of para-hydroxylation sites is 1. The van der Waals surface area contributed by atoms with Crippen LogP contribution in [0.1, 0.15) is 38.5 Å². The number of hydrogen-bond acceptors (Lipinski definition) is 5. The van der Waals surface area contributed by atoms with Gasteiger partial charge in [0, 0.05) is 16.7 Å². The molecule has 4 rings (SSSR count). The number of allylic oxidation sites excluding steroid dienone is 1. The average Bonchev–Trinajstić information content (AvgIpc) is 2.78. The number of aldehydes is 1. The van der Waals surface area contributed by atoms with E-state index < -0.39 is 22.6 Å². The van der Waals surface area contributed by atoms with Crippen LogP contribution in [0, 0.1) is 0 Å². The topological polar surface area (TPSA) is 97.7 Å². The fourth-order valence-corrected chi connectivity index (χ4v) is 4.17. The maximum Gasteiger partial charge on any atom is 0.335 e. The normalized spacial score (nSPS) is 15.3. The number of benzene rings is 3. The third-order valence-electron chi connectivity index (χ3n) is 5.13. The Morgan fingerprint density at radius 1 is 0.935 bits per heavy atom. The average molecular weight is 434 g/mol. The Kier molecular flexibility index (Phi) is 5.68. The van der Waals surface area contributed by atoms with E-state index in [1.165, 1.54) is 12.1 Å². The van der Waals surface area contributed by atoms with Crippen LogP contribution in [0.15, 0.2) is 72.8 Å². The van der Waals surface area contributed by atoms with E-state index in [-0.39, 0.29) is 11.3 Å². The highest BCUT2D eigenvalue weighted by atomic mass is 32.2. The molecule has 1 N–H and O–H groups in total. The van der Waals surface area contributed by atoms with Crippen molar-refractivity contribution < 1.29 is 27.9 Å². The van der Waals surface area contributed by atoms with E-state index >= 15 is 0 Å². The number of rotatable bonds is 6. The highest BCUT2D eigenvalue weighted by molar-refractivity contribution is 7.71. The lowest BCUT2D eigenvalue weighted by atomic mass is 9.83. The molecule has 0 saturated carbocycles. The van der Waals surface area contributed by atoms with Gasteiger partial charge in [0.25, 0.3) is 0 Å². The summed E-state index contributed by atoms with van der Waals surface area (Å²) in [7, 11) is -2.54. The zero-order valence-electron chi connectivity index (χ0n) is 16.2. The number of ether oxygens (including phenoxy) is 1. The van der Waals surface area contributed by atoms with Crippen molar-refractivity contribution in [3.63, 3.8) is 0 Å². The second-order valence-corrected chi connectivity index (χ2v) is 8.05. The minimum absolute atomic E-state index is 0.0567. The molecular formula is C24H18O6S. The van der Waals surface area contributed by atoms with Gasteiger partial charge in [0.2, 0.25) is 0 Å². The number of carbonyl (C=O) groups is 2. The van der Waals surface area contributed by atoms with Gasteiger partial charge in [-0.3, -0.25) is 0 Å². The summed E-state index contributed by atoms with van der Waals surface area (Å²) < 4.78 is 28.2. The van der Waals surface area contributed by atoms with Crippen molar-refractivity contribution in [3.05, 3.63) is 101 Å². The highest BCUT2D eigenvalue weighted by Crippen LogP contribution is 2.45. The van der Waals surface area contributed by atoms with Crippen LogP contribution in [0.3, 0.4) is 0 Å². The van der Waals surface area contributed by atoms with E-state index in [9.17, 15) is 23.1 Å². The monoisotopic (exact) mass is 434 g/mol. The Morgan fingerprint density at radius 3 is 2.19 bits per heavy atom. The predicted molar refractivity (Wildman–Crippen MR) is 117 cm³/mol. The molecule has 0 radical (unpaired) electrons. The second-order valence-electron chi connectivity index (χ2n) is 7.07.